The summed E-state index contributed by atoms with van der Waals surface area (Å²) >= 11 is 0. The van der Waals surface area contributed by atoms with E-state index in [4.69, 9.17) is 5.73 Å². The normalized spacial score (nSPS) is 14.6. The van der Waals surface area contributed by atoms with Gasteiger partial charge in [0.05, 0.1) is 12.4 Å². The van der Waals surface area contributed by atoms with Crippen molar-refractivity contribution < 1.29 is 29.4 Å². The largest absolute Gasteiger partial charge is 0.508 e. The van der Waals surface area contributed by atoms with Gasteiger partial charge >= 0.3 is 5.97 Å². The predicted molar refractivity (Wildman–Crippen MR) is 167 cm³/mol. The van der Waals surface area contributed by atoms with E-state index in [1.54, 1.807) is 31.5 Å². The van der Waals surface area contributed by atoms with Crippen LogP contribution < -0.4 is 21.7 Å². The van der Waals surface area contributed by atoms with Gasteiger partial charge in [0.1, 0.15) is 23.9 Å². The van der Waals surface area contributed by atoms with Crippen LogP contribution in [0.25, 0.3) is 10.9 Å². The second-order valence-electron chi connectivity index (χ2n) is 11.2. The molecule has 5 atom stereocenters. The number of amides is 3. The summed E-state index contributed by atoms with van der Waals surface area (Å²) < 4.78 is 0. The minimum atomic E-state index is -1.31. The number of hydrogen-bond acceptors (Lipinski definition) is 7. The standard InChI is InChI=1S/C32H39N7O6/c1-3-18(2)28(39-29(41)24(33)14-21-16-34-17-36-21)31(43)37-26(13-20-15-35-25-7-5-4-6-23(20)25)30(42)38-27(32(44)45)12-19-8-10-22(40)11-9-19/h4-11,15-18,24,26-28,35,40H,3,12-14,33H2,1-2H3,(H,34,36)(H,37,43)(H,38,42)(H,39,41)(H,44,45). The van der Waals surface area contributed by atoms with E-state index in [0.29, 0.717) is 17.7 Å². The van der Waals surface area contributed by atoms with Gasteiger partial charge < -0.3 is 41.9 Å². The first-order valence-corrected chi connectivity index (χ1v) is 14.7. The summed E-state index contributed by atoms with van der Waals surface area (Å²) in [5, 5.41) is 28.4. The minimum absolute atomic E-state index is 0.0291. The van der Waals surface area contributed by atoms with Gasteiger partial charge in [-0.25, -0.2) is 9.78 Å². The first-order chi connectivity index (χ1) is 21.5. The maximum atomic E-state index is 13.8. The molecule has 4 rings (SSSR count). The topological polar surface area (TPSA) is 215 Å². The van der Waals surface area contributed by atoms with Crippen molar-refractivity contribution in [2.45, 2.75) is 63.7 Å². The Morgan fingerprint density at radius 2 is 1.60 bits per heavy atom. The number of nitrogens with zero attached hydrogens (tertiary/aromatic N) is 1. The molecule has 9 N–H and O–H groups in total. The lowest BCUT2D eigenvalue weighted by Gasteiger charge is -2.28. The summed E-state index contributed by atoms with van der Waals surface area (Å²) in [6.07, 6.45) is 5.51. The van der Waals surface area contributed by atoms with Crippen molar-refractivity contribution in [2.75, 3.05) is 0 Å². The second-order valence-corrected chi connectivity index (χ2v) is 11.2. The number of aromatic amines is 2. The lowest BCUT2D eigenvalue weighted by atomic mass is 9.96. The summed E-state index contributed by atoms with van der Waals surface area (Å²) in [5.74, 6) is -3.39. The number of hydrogen-bond donors (Lipinski definition) is 8. The van der Waals surface area contributed by atoms with Crippen molar-refractivity contribution in [1.82, 2.24) is 30.9 Å². The highest BCUT2D eigenvalue weighted by atomic mass is 16.4. The molecule has 13 nitrogen and oxygen atoms in total. The molecule has 238 valence electrons. The molecule has 0 radical (unpaired) electrons. The van der Waals surface area contributed by atoms with Gasteiger partial charge in [-0.1, -0.05) is 50.6 Å². The van der Waals surface area contributed by atoms with Crippen LogP contribution in [0.2, 0.25) is 0 Å². The molecule has 0 spiro atoms. The number of carboxylic acid groups (broad SMARTS) is 1. The highest BCUT2D eigenvalue weighted by molar-refractivity contribution is 5.95. The van der Waals surface area contributed by atoms with E-state index >= 15 is 0 Å². The number of aliphatic carboxylic acids is 1. The molecule has 2 aromatic heterocycles. The van der Waals surface area contributed by atoms with Crippen molar-refractivity contribution in [3.63, 3.8) is 0 Å². The maximum Gasteiger partial charge on any atom is 0.326 e. The summed E-state index contributed by atoms with van der Waals surface area (Å²) in [5.41, 5.74) is 8.94. The molecule has 45 heavy (non-hydrogen) atoms. The number of aromatic hydroxyl groups is 1. The number of benzene rings is 2. The van der Waals surface area contributed by atoms with E-state index in [2.05, 4.69) is 30.9 Å². The first kappa shape index (κ1) is 32.7. The predicted octanol–water partition coefficient (Wildman–Crippen LogP) is 1.54. The van der Waals surface area contributed by atoms with Crippen LogP contribution in [-0.4, -0.2) is 73.0 Å². The Labute approximate surface area is 260 Å². The second kappa shape index (κ2) is 15.0. The maximum absolute atomic E-state index is 13.8. The Kier molecular flexibility index (Phi) is 10.9. The van der Waals surface area contributed by atoms with Crippen LogP contribution in [0.1, 0.15) is 37.1 Å². The Balaban J connectivity index is 1.55. The molecule has 0 aliphatic heterocycles. The zero-order chi connectivity index (χ0) is 32.5. The highest BCUT2D eigenvalue weighted by Crippen LogP contribution is 2.20. The zero-order valence-electron chi connectivity index (χ0n) is 25.1. The number of carboxylic acids is 1. The number of phenolic OH excluding ortho intramolecular Hbond substituents is 1. The fourth-order valence-corrected chi connectivity index (χ4v) is 5.02. The van der Waals surface area contributed by atoms with Crippen molar-refractivity contribution in [3.05, 3.63) is 84.1 Å². The number of fused-ring (bicyclic) bond motifs is 1. The van der Waals surface area contributed by atoms with Gasteiger partial charge in [-0.05, 0) is 35.2 Å². The fraction of sp³-hybridized carbons (Fsp3) is 0.344. The molecule has 0 saturated carbocycles. The fourth-order valence-electron chi connectivity index (χ4n) is 5.02. The Hall–Kier alpha value is -5.17. The number of imidazole rings is 1. The smallest absolute Gasteiger partial charge is 0.326 e. The molecule has 2 aromatic carbocycles. The number of aromatic nitrogens is 3. The molecule has 0 bridgehead atoms. The zero-order valence-corrected chi connectivity index (χ0v) is 25.1. The van der Waals surface area contributed by atoms with Gasteiger partial charge in [-0.3, -0.25) is 14.4 Å². The van der Waals surface area contributed by atoms with Crippen molar-refractivity contribution >= 4 is 34.6 Å². The molecule has 4 aromatic rings. The third-order valence-corrected chi connectivity index (χ3v) is 7.85. The first-order valence-electron chi connectivity index (χ1n) is 14.7. The van der Waals surface area contributed by atoms with Crippen LogP contribution in [0.5, 0.6) is 5.75 Å². The van der Waals surface area contributed by atoms with Crippen molar-refractivity contribution in [2.24, 2.45) is 11.7 Å². The van der Waals surface area contributed by atoms with Gasteiger partial charge in [0.25, 0.3) is 0 Å². The molecule has 2 heterocycles. The van der Waals surface area contributed by atoms with Gasteiger partial charge in [-0.2, -0.15) is 0 Å². The minimum Gasteiger partial charge on any atom is -0.508 e. The number of para-hydroxylation sites is 1. The molecule has 0 fully saturated rings. The Bertz CT molecular complexity index is 1600. The highest BCUT2D eigenvalue weighted by Gasteiger charge is 2.33. The van der Waals surface area contributed by atoms with E-state index in [9.17, 15) is 29.4 Å². The Morgan fingerprint density at radius 1 is 0.889 bits per heavy atom. The van der Waals surface area contributed by atoms with E-state index < -0.39 is 47.9 Å². The van der Waals surface area contributed by atoms with Crippen LogP contribution >= 0.6 is 0 Å². The van der Waals surface area contributed by atoms with Crippen LogP contribution in [0.4, 0.5) is 0 Å². The van der Waals surface area contributed by atoms with Crippen LogP contribution in [0, 0.1) is 5.92 Å². The summed E-state index contributed by atoms with van der Waals surface area (Å²) in [6.45, 7) is 3.68. The molecule has 0 aliphatic rings. The number of nitrogens with one attached hydrogen (secondary N) is 5. The van der Waals surface area contributed by atoms with Crippen molar-refractivity contribution in [3.8, 4) is 5.75 Å². The van der Waals surface area contributed by atoms with E-state index in [1.807, 2.05) is 31.2 Å². The molecule has 0 aliphatic carbocycles. The molecule has 0 saturated heterocycles. The number of phenols is 1. The molecule has 3 amide bonds. The van der Waals surface area contributed by atoms with Crippen LogP contribution in [0.15, 0.2) is 67.3 Å². The average molecular weight is 618 g/mol. The lowest BCUT2D eigenvalue weighted by molar-refractivity contribution is -0.142. The number of H-pyrrole nitrogens is 2. The molecular formula is C32H39N7O6. The Morgan fingerprint density at radius 3 is 2.27 bits per heavy atom. The average Bonchev–Trinajstić information content (AvgIpc) is 3.69. The van der Waals surface area contributed by atoms with Gasteiger partial charge in [0.2, 0.25) is 17.7 Å². The van der Waals surface area contributed by atoms with E-state index in [0.717, 1.165) is 16.5 Å². The summed E-state index contributed by atoms with van der Waals surface area (Å²) in [6, 6.07) is 9.03. The van der Waals surface area contributed by atoms with Gasteiger partial charge in [0, 0.05) is 48.3 Å². The van der Waals surface area contributed by atoms with Crippen molar-refractivity contribution in [1.29, 1.82) is 0 Å². The van der Waals surface area contributed by atoms with E-state index in [1.165, 1.54) is 18.5 Å². The van der Waals surface area contributed by atoms with Crippen LogP contribution in [-0.2, 0) is 38.4 Å². The quantitative estimate of drug-likeness (QED) is 0.0977. The van der Waals surface area contributed by atoms with E-state index in [-0.39, 0.29) is 30.9 Å². The number of carbonyl (C=O) groups excluding carboxylic acids is 3. The molecular weight excluding hydrogens is 578 g/mol. The van der Waals surface area contributed by atoms with Gasteiger partial charge in [-0.15, -0.1) is 0 Å². The number of nitrogens with two attached hydrogens (primary N) is 1. The molecule has 13 heteroatoms. The SMILES string of the molecule is CCC(C)C(NC(=O)C(N)Cc1cnc[nH]1)C(=O)NC(Cc1c[nH]c2ccccc12)C(=O)NC(Cc1ccc(O)cc1)C(=O)O. The van der Waals surface area contributed by atoms with Gasteiger partial charge in [0.15, 0.2) is 0 Å². The molecule has 5 unspecified atom stereocenters. The third kappa shape index (κ3) is 8.70. The number of carbonyl (C=O) groups is 4. The third-order valence-electron chi connectivity index (χ3n) is 7.85. The lowest BCUT2D eigenvalue weighted by Crippen LogP contribution is -2.59. The van der Waals surface area contributed by atoms with Crippen LogP contribution in [0.3, 0.4) is 0 Å². The summed E-state index contributed by atoms with van der Waals surface area (Å²) in [4.78, 5) is 62.6. The number of rotatable bonds is 15. The summed E-state index contributed by atoms with van der Waals surface area (Å²) in [7, 11) is 0. The monoisotopic (exact) mass is 617 g/mol.